The standard InChI is InChI=1S/C20H23N3O2/c24-20(23-14-17(15-23)25-16-8-10-21-11-9-16)18-6-2-3-7-19(18)22-12-4-1-5-13-22/h2-3,6-11,17H,1,4-5,12-15H2. The molecule has 3 heterocycles. The minimum Gasteiger partial charge on any atom is -0.487 e. The lowest BCUT2D eigenvalue weighted by molar-refractivity contribution is 0.0178. The van der Waals surface area contributed by atoms with Gasteiger partial charge in [-0.25, -0.2) is 0 Å². The van der Waals surface area contributed by atoms with E-state index in [1.165, 1.54) is 19.3 Å². The third-order valence-electron chi connectivity index (χ3n) is 4.92. The quantitative estimate of drug-likeness (QED) is 0.860. The Bertz CT molecular complexity index is 723. The van der Waals surface area contributed by atoms with Crippen molar-refractivity contribution >= 4 is 11.6 Å². The van der Waals surface area contributed by atoms with Gasteiger partial charge in [0.1, 0.15) is 11.9 Å². The number of aromatic nitrogens is 1. The van der Waals surface area contributed by atoms with Crippen LogP contribution < -0.4 is 9.64 Å². The number of anilines is 1. The summed E-state index contributed by atoms with van der Waals surface area (Å²) in [5.41, 5.74) is 1.89. The normalized spacial score (nSPS) is 17.9. The predicted molar refractivity (Wildman–Crippen MR) is 97.1 cm³/mol. The molecule has 0 saturated carbocycles. The Balaban J connectivity index is 1.41. The molecular weight excluding hydrogens is 314 g/mol. The molecule has 25 heavy (non-hydrogen) atoms. The highest BCUT2D eigenvalue weighted by Crippen LogP contribution is 2.27. The molecule has 0 spiro atoms. The lowest BCUT2D eigenvalue weighted by Crippen LogP contribution is -2.56. The lowest BCUT2D eigenvalue weighted by Gasteiger charge is -2.40. The summed E-state index contributed by atoms with van der Waals surface area (Å²) in [4.78, 5) is 21.1. The second kappa shape index (κ2) is 7.13. The van der Waals surface area contributed by atoms with Gasteiger partial charge in [-0.05, 0) is 43.5 Å². The van der Waals surface area contributed by atoms with E-state index in [-0.39, 0.29) is 12.0 Å². The van der Waals surface area contributed by atoms with Gasteiger partial charge in [-0.15, -0.1) is 0 Å². The van der Waals surface area contributed by atoms with Crippen molar-refractivity contribution in [3.63, 3.8) is 0 Å². The largest absolute Gasteiger partial charge is 0.487 e. The van der Waals surface area contributed by atoms with Crippen LogP contribution in [0.3, 0.4) is 0 Å². The summed E-state index contributed by atoms with van der Waals surface area (Å²) in [6, 6.07) is 11.7. The first-order valence-corrected chi connectivity index (χ1v) is 9.01. The van der Waals surface area contributed by atoms with E-state index in [1.807, 2.05) is 35.2 Å². The maximum Gasteiger partial charge on any atom is 0.256 e. The number of carbonyl (C=O) groups excluding carboxylic acids is 1. The number of para-hydroxylation sites is 1. The van der Waals surface area contributed by atoms with Crippen molar-refractivity contribution in [2.45, 2.75) is 25.4 Å². The number of ether oxygens (including phenoxy) is 1. The zero-order valence-electron chi connectivity index (χ0n) is 14.3. The van der Waals surface area contributed by atoms with Crippen molar-refractivity contribution in [1.82, 2.24) is 9.88 Å². The van der Waals surface area contributed by atoms with Crippen molar-refractivity contribution in [3.8, 4) is 5.75 Å². The maximum atomic E-state index is 12.9. The highest BCUT2D eigenvalue weighted by atomic mass is 16.5. The summed E-state index contributed by atoms with van der Waals surface area (Å²) < 4.78 is 5.87. The number of pyridine rings is 1. The molecule has 0 unspecified atom stereocenters. The van der Waals surface area contributed by atoms with Crippen molar-refractivity contribution in [2.24, 2.45) is 0 Å². The topological polar surface area (TPSA) is 45.7 Å². The van der Waals surface area contributed by atoms with Crippen LogP contribution in [0.15, 0.2) is 48.8 Å². The van der Waals surface area contributed by atoms with E-state index in [4.69, 9.17) is 4.74 Å². The van der Waals surface area contributed by atoms with Crippen molar-refractivity contribution in [2.75, 3.05) is 31.1 Å². The number of hydrogen-bond acceptors (Lipinski definition) is 4. The highest BCUT2D eigenvalue weighted by molar-refractivity contribution is 6.00. The lowest BCUT2D eigenvalue weighted by atomic mass is 10.0. The Hall–Kier alpha value is -2.56. The zero-order chi connectivity index (χ0) is 17.1. The van der Waals surface area contributed by atoms with Crippen LogP contribution in [-0.4, -0.2) is 48.1 Å². The molecule has 1 amide bonds. The number of benzene rings is 1. The average Bonchev–Trinajstić information content (AvgIpc) is 2.65. The van der Waals surface area contributed by atoms with Gasteiger partial charge in [-0.2, -0.15) is 0 Å². The summed E-state index contributed by atoms with van der Waals surface area (Å²) in [6.07, 6.45) is 7.18. The molecule has 4 rings (SSSR count). The van der Waals surface area contributed by atoms with Gasteiger partial charge < -0.3 is 14.5 Å². The van der Waals surface area contributed by atoms with E-state index in [0.717, 1.165) is 30.1 Å². The number of rotatable bonds is 4. The molecule has 1 aromatic carbocycles. The Labute approximate surface area is 148 Å². The van der Waals surface area contributed by atoms with Crippen LogP contribution in [0.2, 0.25) is 0 Å². The molecule has 2 saturated heterocycles. The van der Waals surface area contributed by atoms with Gasteiger partial charge in [0.2, 0.25) is 0 Å². The molecule has 0 radical (unpaired) electrons. The van der Waals surface area contributed by atoms with Crippen LogP contribution in [0.5, 0.6) is 5.75 Å². The molecule has 2 aliphatic heterocycles. The number of amides is 1. The molecule has 0 N–H and O–H groups in total. The molecule has 5 heteroatoms. The van der Waals surface area contributed by atoms with Crippen molar-refractivity contribution in [3.05, 3.63) is 54.4 Å². The molecule has 0 aliphatic carbocycles. The summed E-state index contributed by atoms with van der Waals surface area (Å²) in [7, 11) is 0. The van der Waals surface area contributed by atoms with Gasteiger partial charge in [-0.1, -0.05) is 12.1 Å². The number of nitrogens with zero attached hydrogens (tertiary/aromatic N) is 3. The molecule has 0 bridgehead atoms. The summed E-state index contributed by atoms with van der Waals surface area (Å²) >= 11 is 0. The van der Waals surface area contributed by atoms with Crippen LogP contribution in [0.25, 0.3) is 0 Å². The van der Waals surface area contributed by atoms with Gasteiger partial charge in [-0.3, -0.25) is 9.78 Å². The summed E-state index contributed by atoms with van der Waals surface area (Å²) in [5, 5.41) is 0. The smallest absolute Gasteiger partial charge is 0.256 e. The van der Waals surface area contributed by atoms with Gasteiger partial charge in [0.25, 0.3) is 5.91 Å². The molecule has 130 valence electrons. The predicted octanol–water partition coefficient (Wildman–Crippen LogP) is 2.98. The van der Waals surface area contributed by atoms with Crippen molar-refractivity contribution in [1.29, 1.82) is 0 Å². The van der Waals surface area contributed by atoms with Crippen LogP contribution in [0.1, 0.15) is 29.6 Å². The van der Waals surface area contributed by atoms with E-state index in [1.54, 1.807) is 12.4 Å². The number of likely N-dealkylation sites (tertiary alicyclic amines) is 1. The van der Waals surface area contributed by atoms with Crippen LogP contribution in [0.4, 0.5) is 5.69 Å². The number of carbonyl (C=O) groups is 1. The molecule has 2 aliphatic rings. The zero-order valence-corrected chi connectivity index (χ0v) is 14.3. The molecular formula is C20H23N3O2. The molecule has 2 aromatic rings. The summed E-state index contributed by atoms with van der Waals surface area (Å²) in [5.74, 6) is 0.913. The Kier molecular flexibility index (Phi) is 4.55. The van der Waals surface area contributed by atoms with E-state index in [9.17, 15) is 4.79 Å². The highest BCUT2D eigenvalue weighted by Gasteiger charge is 2.34. The second-order valence-electron chi connectivity index (χ2n) is 6.70. The third kappa shape index (κ3) is 3.45. The first-order valence-electron chi connectivity index (χ1n) is 9.01. The van der Waals surface area contributed by atoms with Gasteiger partial charge in [0.15, 0.2) is 0 Å². The minimum atomic E-state index is 0.0634. The van der Waals surface area contributed by atoms with E-state index >= 15 is 0 Å². The van der Waals surface area contributed by atoms with Crippen LogP contribution in [0, 0.1) is 0 Å². The molecule has 1 aromatic heterocycles. The minimum absolute atomic E-state index is 0.0634. The molecule has 2 fully saturated rings. The third-order valence-corrected chi connectivity index (χ3v) is 4.92. The van der Waals surface area contributed by atoms with E-state index in [0.29, 0.717) is 13.1 Å². The molecule has 0 atom stereocenters. The van der Waals surface area contributed by atoms with Crippen LogP contribution in [-0.2, 0) is 0 Å². The first kappa shape index (κ1) is 15.9. The number of piperidine rings is 1. The van der Waals surface area contributed by atoms with Gasteiger partial charge >= 0.3 is 0 Å². The van der Waals surface area contributed by atoms with Crippen LogP contribution >= 0.6 is 0 Å². The fraction of sp³-hybridized carbons (Fsp3) is 0.400. The van der Waals surface area contributed by atoms with E-state index < -0.39 is 0 Å². The monoisotopic (exact) mass is 337 g/mol. The fourth-order valence-electron chi connectivity index (χ4n) is 3.52. The van der Waals surface area contributed by atoms with Gasteiger partial charge in [0.05, 0.1) is 18.7 Å². The van der Waals surface area contributed by atoms with E-state index in [2.05, 4.69) is 16.0 Å². The fourth-order valence-corrected chi connectivity index (χ4v) is 3.52. The maximum absolute atomic E-state index is 12.9. The Morgan fingerprint density at radius 3 is 2.48 bits per heavy atom. The SMILES string of the molecule is O=C(c1ccccc1N1CCCCC1)N1CC(Oc2ccncc2)C1. The Morgan fingerprint density at radius 1 is 1.00 bits per heavy atom. The molecule has 5 nitrogen and oxygen atoms in total. The van der Waals surface area contributed by atoms with Crippen molar-refractivity contribution < 1.29 is 9.53 Å². The second-order valence-corrected chi connectivity index (χ2v) is 6.70. The summed E-state index contributed by atoms with van der Waals surface area (Å²) in [6.45, 7) is 3.35. The number of hydrogen-bond donors (Lipinski definition) is 0. The Morgan fingerprint density at radius 2 is 1.72 bits per heavy atom. The first-order chi connectivity index (χ1) is 12.3. The van der Waals surface area contributed by atoms with Gasteiger partial charge in [0, 0.05) is 31.2 Å². The average molecular weight is 337 g/mol.